The molecule has 4 rings (SSSR count). The average molecular weight is 525 g/mol. The van der Waals surface area contributed by atoms with Crippen LogP contribution in [0.25, 0.3) is 0 Å². The maximum absolute atomic E-state index is 6.89. The van der Waals surface area contributed by atoms with E-state index in [1.54, 1.807) is 21.3 Å². The van der Waals surface area contributed by atoms with Gasteiger partial charge in [0, 0.05) is 0 Å². The van der Waals surface area contributed by atoms with Crippen molar-refractivity contribution in [2.75, 3.05) is 34.5 Å². The lowest BCUT2D eigenvalue weighted by molar-refractivity contribution is 0.0247. The van der Waals surface area contributed by atoms with Crippen LogP contribution >= 0.6 is 0 Å². The van der Waals surface area contributed by atoms with E-state index in [-0.39, 0.29) is 0 Å². The SMILES string of the molecule is C=C(CCOCc1ccc(OC)cc1)COC(c1ccccc1)(c1ccc(OC)cc1)c1ccc(OC)cc1. The summed E-state index contributed by atoms with van der Waals surface area (Å²) in [6.07, 6.45) is 0.687. The second kappa shape index (κ2) is 13.7. The molecular weight excluding hydrogens is 488 g/mol. The van der Waals surface area contributed by atoms with Crippen molar-refractivity contribution in [3.63, 3.8) is 0 Å². The Hall–Kier alpha value is -4.06. The molecule has 4 aromatic carbocycles. The van der Waals surface area contributed by atoms with Crippen LogP contribution in [0.4, 0.5) is 0 Å². The smallest absolute Gasteiger partial charge is 0.144 e. The molecule has 0 amide bonds. The summed E-state index contributed by atoms with van der Waals surface area (Å²) in [5.74, 6) is 2.41. The van der Waals surface area contributed by atoms with Gasteiger partial charge >= 0.3 is 0 Å². The zero-order valence-electron chi connectivity index (χ0n) is 22.9. The third-order valence-electron chi connectivity index (χ3n) is 6.69. The van der Waals surface area contributed by atoms with Crippen molar-refractivity contribution >= 4 is 0 Å². The molecular formula is C34H36O5. The topological polar surface area (TPSA) is 46.2 Å². The molecule has 202 valence electrons. The van der Waals surface area contributed by atoms with Gasteiger partial charge in [0.15, 0.2) is 0 Å². The van der Waals surface area contributed by atoms with E-state index < -0.39 is 5.60 Å². The van der Waals surface area contributed by atoms with Crippen molar-refractivity contribution < 1.29 is 23.7 Å². The highest BCUT2D eigenvalue weighted by atomic mass is 16.5. The lowest BCUT2D eigenvalue weighted by Crippen LogP contribution is -2.33. The normalized spacial score (nSPS) is 11.2. The predicted octanol–water partition coefficient (Wildman–Crippen LogP) is 7.18. The van der Waals surface area contributed by atoms with Crippen LogP contribution in [-0.2, 0) is 21.7 Å². The van der Waals surface area contributed by atoms with Crippen LogP contribution in [-0.4, -0.2) is 34.5 Å². The van der Waals surface area contributed by atoms with Crippen LogP contribution in [0, 0.1) is 0 Å². The highest BCUT2D eigenvalue weighted by molar-refractivity contribution is 5.49. The van der Waals surface area contributed by atoms with Gasteiger partial charge in [-0.05, 0) is 70.6 Å². The standard InChI is InChI=1S/C34H36O5/c1-26(22-23-38-25-27-10-16-31(35-2)17-11-27)24-39-34(28-8-6-5-7-9-28,29-12-18-32(36-3)19-13-29)30-14-20-33(37-4)21-15-30/h5-21H,1,22-25H2,2-4H3. The Bertz CT molecular complexity index is 1250. The molecule has 0 radical (unpaired) electrons. The van der Waals surface area contributed by atoms with Crippen molar-refractivity contribution in [2.24, 2.45) is 0 Å². The van der Waals surface area contributed by atoms with Crippen molar-refractivity contribution in [3.05, 3.63) is 138 Å². The third-order valence-corrected chi connectivity index (χ3v) is 6.69. The van der Waals surface area contributed by atoms with Crippen molar-refractivity contribution in [1.82, 2.24) is 0 Å². The van der Waals surface area contributed by atoms with Gasteiger partial charge in [-0.15, -0.1) is 0 Å². The molecule has 0 saturated carbocycles. The minimum Gasteiger partial charge on any atom is -0.497 e. The van der Waals surface area contributed by atoms with Gasteiger partial charge in [-0.3, -0.25) is 0 Å². The minimum absolute atomic E-state index is 0.360. The molecule has 0 aromatic heterocycles. The maximum Gasteiger partial charge on any atom is 0.144 e. The fraction of sp³-hybridized carbons (Fsp3) is 0.235. The number of hydrogen-bond donors (Lipinski definition) is 0. The first kappa shape index (κ1) is 28.0. The van der Waals surface area contributed by atoms with Crippen LogP contribution in [0.15, 0.2) is 115 Å². The Balaban J connectivity index is 1.54. The number of rotatable bonds is 14. The lowest BCUT2D eigenvalue weighted by atomic mass is 9.80. The monoisotopic (exact) mass is 524 g/mol. The van der Waals surface area contributed by atoms with Crippen LogP contribution in [0.5, 0.6) is 17.2 Å². The minimum atomic E-state index is -0.868. The Labute approximate surface area is 231 Å². The molecule has 0 fully saturated rings. The van der Waals surface area contributed by atoms with Gasteiger partial charge in [0.05, 0.1) is 41.2 Å². The molecule has 39 heavy (non-hydrogen) atoms. The molecule has 5 heteroatoms. The predicted molar refractivity (Wildman–Crippen MR) is 155 cm³/mol. The first-order valence-corrected chi connectivity index (χ1v) is 12.9. The number of benzene rings is 4. The summed E-state index contributed by atoms with van der Waals surface area (Å²) in [6, 6.07) is 34.2. The molecule has 5 nitrogen and oxygen atoms in total. The van der Waals surface area contributed by atoms with E-state index in [9.17, 15) is 0 Å². The molecule has 0 spiro atoms. The molecule has 0 saturated heterocycles. The Morgan fingerprint density at radius 1 is 0.615 bits per heavy atom. The van der Waals surface area contributed by atoms with E-state index in [2.05, 4.69) is 43.0 Å². The van der Waals surface area contributed by atoms with Crippen molar-refractivity contribution in [2.45, 2.75) is 18.6 Å². The van der Waals surface area contributed by atoms with Gasteiger partial charge in [0.25, 0.3) is 0 Å². The highest BCUT2D eigenvalue weighted by Gasteiger charge is 2.38. The molecule has 0 aliphatic carbocycles. The fourth-order valence-corrected chi connectivity index (χ4v) is 4.49. The van der Waals surface area contributed by atoms with Crippen LogP contribution < -0.4 is 14.2 Å². The van der Waals surface area contributed by atoms with Gasteiger partial charge in [-0.1, -0.05) is 73.3 Å². The van der Waals surface area contributed by atoms with Gasteiger partial charge in [0.1, 0.15) is 22.8 Å². The Morgan fingerprint density at radius 2 is 1.08 bits per heavy atom. The molecule has 4 aromatic rings. The first-order valence-electron chi connectivity index (χ1n) is 12.9. The summed E-state index contributed by atoms with van der Waals surface area (Å²) in [7, 11) is 5.00. The largest absolute Gasteiger partial charge is 0.497 e. The second-order valence-corrected chi connectivity index (χ2v) is 9.19. The summed E-state index contributed by atoms with van der Waals surface area (Å²) in [6.45, 7) is 5.74. The first-order chi connectivity index (χ1) is 19.1. The Kier molecular flexibility index (Phi) is 9.79. The molecule has 0 unspecified atom stereocenters. The lowest BCUT2D eigenvalue weighted by Gasteiger charge is -2.36. The quantitative estimate of drug-likeness (QED) is 0.0993. The van der Waals surface area contributed by atoms with E-state index in [0.29, 0.717) is 26.2 Å². The van der Waals surface area contributed by atoms with Crippen molar-refractivity contribution in [3.8, 4) is 17.2 Å². The molecule has 0 aliphatic rings. The maximum atomic E-state index is 6.89. The van der Waals surface area contributed by atoms with E-state index in [0.717, 1.165) is 45.1 Å². The van der Waals surface area contributed by atoms with Crippen LogP contribution in [0.1, 0.15) is 28.7 Å². The van der Waals surface area contributed by atoms with Gasteiger partial charge in [-0.2, -0.15) is 0 Å². The molecule has 0 bridgehead atoms. The zero-order chi connectivity index (χ0) is 27.5. The van der Waals surface area contributed by atoms with Crippen LogP contribution in [0.3, 0.4) is 0 Å². The third kappa shape index (κ3) is 6.88. The molecule has 0 aliphatic heterocycles. The summed E-state index contributed by atoms with van der Waals surface area (Å²) >= 11 is 0. The van der Waals surface area contributed by atoms with E-state index in [1.807, 2.05) is 66.7 Å². The zero-order valence-corrected chi connectivity index (χ0v) is 22.9. The summed E-state index contributed by atoms with van der Waals surface area (Å²) in [4.78, 5) is 0. The van der Waals surface area contributed by atoms with Gasteiger partial charge in [0.2, 0.25) is 0 Å². The van der Waals surface area contributed by atoms with E-state index in [4.69, 9.17) is 23.7 Å². The second-order valence-electron chi connectivity index (χ2n) is 9.19. The highest BCUT2D eigenvalue weighted by Crippen LogP contribution is 2.42. The summed E-state index contributed by atoms with van der Waals surface area (Å²) in [5, 5.41) is 0. The Morgan fingerprint density at radius 3 is 1.56 bits per heavy atom. The van der Waals surface area contributed by atoms with Gasteiger partial charge in [-0.25, -0.2) is 0 Å². The van der Waals surface area contributed by atoms with Crippen LogP contribution in [0.2, 0.25) is 0 Å². The fourth-order valence-electron chi connectivity index (χ4n) is 4.49. The van der Waals surface area contributed by atoms with Crippen molar-refractivity contribution in [1.29, 1.82) is 0 Å². The average Bonchev–Trinajstić information content (AvgIpc) is 3.01. The summed E-state index contributed by atoms with van der Waals surface area (Å²) < 4.78 is 28.9. The molecule has 0 atom stereocenters. The number of ether oxygens (including phenoxy) is 5. The molecule has 0 N–H and O–H groups in total. The van der Waals surface area contributed by atoms with E-state index >= 15 is 0 Å². The van der Waals surface area contributed by atoms with E-state index in [1.165, 1.54) is 0 Å². The molecule has 0 heterocycles. The number of methoxy groups -OCH3 is 3. The van der Waals surface area contributed by atoms with Gasteiger partial charge < -0.3 is 23.7 Å². The number of hydrogen-bond acceptors (Lipinski definition) is 5. The summed E-state index contributed by atoms with van der Waals surface area (Å²) in [5.41, 5.74) is 4.18.